The van der Waals surface area contributed by atoms with Crippen LogP contribution in [0.5, 0.6) is 0 Å². The zero-order valence-electron chi connectivity index (χ0n) is 24.3. The molecule has 1 aromatic heterocycles. The van der Waals surface area contributed by atoms with E-state index in [-0.39, 0.29) is 23.1 Å². The number of aliphatic hydroxyl groups is 1. The molecule has 1 aliphatic heterocycles. The molecule has 9 nitrogen and oxygen atoms in total. The number of carbonyl (C=O) groups excluding carboxylic acids is 2. The molecule has 2 bridgehead atoms. The third kappa shape index (κ3) is 5.29. The van der Waals surface area contributed by atoms with Gasteiger partial charge in [0.05, 0.1) is 41.8 Å². The van der Waals surface area contributed by atoms with Gasteiger partial charge in [0.2, 0.25) is 5.91 Å². The van der Waals surface area contributed by atoms with Gasteiger partial charge >= 0.3 is 7.12 Å². The summed E-state index contributed by atoms with van der Waals surface area (Å²) >= 11 is 0. The minimum atomic E-state index is -1.19. The van der Waals surface area contributed by atoms with Crippen LogP contribution in [-0.4, -0.2) is 63.8 Å². The Kier molecular flexibility index (Phi) is 7.80. The van der Waals surface area contributed by atoms with Crippen molar-refractivity contribution in [1.29, 1.82) is 0 Å². The molecule has 7 atom stereocenters. The van der Waals surface area contributed by atoms with Crippen LogP contribution in [0.3, 0.4) is 0 Å². The fourth-order valence-corrected chi connectivity index (χ4v) is 6.91. The van der Waals surface area contributed by atoms with E-state index >= 15 is 0 Å². The number of nitrogens with one attached hydrogen (secondary N) is 2. The summed E-state index contributed by atoms with van der Waals surface area (Å²) in [5.41, 5.74) is 1.38. The number of amides is 2. The lowest BCUT2D eigenvalue weighted by molar-refractivity contribution is -0.199. The highest BCUT2D eigenvalue weighted by molar-refractivity contribution is 6.48. The van der Waals surface area contributed by atoms with Crippen molar-refractivity contribution >= 4 is 18.9 Å². The lowest BCUT2D eigenvalue weighted by atomic mass is 9.43. The van der Waals surface area contributed by atoms with E-state index < -0.39 is 42.6 Å². The van der Waals surface area contributed by atoms with E-state index in [0.717, 1.165) is 18.4 Å². The van der Waals surface area contributed by atoms with E-state index in [2.05, 4.69) is 55.2 Å². The number of aromatic nitrogens is 2. The Labute approximate surface area is 237 Å². The van der Waals surface area contributed by atoms with Crippen LogP contribution in [0.4, 0.5) is 0 Å². The van der Waals surface area contributed by atoms with E-state index in [0.29, 0.717) is 24.0 Å². The Bertz CT molecular complexity index is 1220. The topological polar surface area (TPSA) is 123 Å². The molecule has 2 heterocycles. The van der Waals surface area contributed by atoms with Crippen LogP contribution in [0.25, 0.3) is 11.3 Å². The van der Waals surface area contributed by atoms with Crippen LogP contribution in [0.15, 0.2) is 42.7 Å². The van der Waals surface area contributed by atoms with Crippen molar-refractivity contribution in [2.75, 3.05) is 0 Å². The predicted molar refractivity (Wildman–Crippen MR) is 152 cm³/mol. The van der Waals surface area contributed by atoms with E-state index in [1.54, 1.807) is 0 Å². The third-order valence-electron chi connectivity index (χ3n) is 9.36. The second-order valence-corrected chi connectivity index (χ2v) is 12.9. The molecular formula is C30H41BN4O5. The number of carbonyl (C=O) groups is 2. The number of benzene rings is 1. The van der Waals surface area contributed by atoms with Gasteiger partial charge in [-0.3, -0.25) is 14.6 Å². The summed E-state index contributed by atoms with van der Waals surface area (Å²) in [5.74, 6) is -0.240. The number of rotatable bonds is 9. The summed E-state index contributed by atoms with van der Waals surface area (Å²) in [6.45, 7) is 12.4. The fraction of sp³-hybridized carbons (Fsp3) is 0.600. The second-order valence-electron chi connectivity index (χ2n) is 12.9. The zero-order valence-corrected chi connectivity index (χ0v) is 24.3. The maximum absolute atomic E-state index is 13.5. The lowest BCUT2D eigenvalue weighted by Gasteiger charge is -2.64. The molecule has 6 rings (SSSR count). The second kappa shape index (κ2) is 10.9. The van der Waals surface area contributed by atoms with Gasteiger partial charge in [-0.1, -0.05) is 58.0 Å². The Morgan fingerprint density at radius 1 is 1.07 bits per heavy atom. The maximum atomic E-state index is 13.5. The van der Waals surface area contributed by atoms with Gasteiger partial charge < -0.3 is 25.0 Å². The molecule has 2 amide bonds. The molecule has 3 aliphatic carbocycles. The number of hydrogen-bond donors (Lipinski definition) is 3. The first-order valence-corrected chi connectivity index (χ1v) is 14.4. The summed E-state index contributed by atoms with van der Waals surface area (Å²) in [6, 6.07) is 8.32. The summed E-state index contributed by atoms with van der Waals surface area (Å²) < 4.78 is 13.1. The first-order chi connectivity index (χ1) is 18.9. The molecule has 4 fully saturated rings. The van der Waals surface area contributed by atoms with Crippen molar-refractivity contribution in [3.63, 3.8) is 0 Å². The van der Waals surface area contributed by atoms with Gasteiger partial charge in [0.25, 0.3) is 5.91 Å². The minimum Gasteiger partial charge on any atom is -0.404 e. The van der Waals surface area contributed by atoms with Crippen LogP contribution in [-0.2, 0) is 14.1 Å². The molecule has 2 aromatic rings. The number of aliphatic hydroxyl groups excluding tert-OH is 1. The highest BCUT2D eigenvalue weighted by Crippen LogP contribution is 2.65. The molecule has 10 heteroatoms. The Balaban J connectivity index is 1.27. The van der Waals surface area contributed by atoms with Crippen LogP contribution in [0, 0.1) is 23.2 Å². The van der Waals surface area contributed by atoms with Gasteiger partial charge in [0.15, 0.2) is 0 Å². The summed E-state index contributed by atoms with van der Waals surface area (Å²) in [7, 11) is -0.599. The van der Waals surface area contributed by atoms with Crippen molar-refractivity contribution in [2.24, 2.45) is 23.2 Å². The smallest absolute Gasteiger partial charge is 0.404 e. The SMILES string of the molecule is CC(C)C[C@H](NC(=O)[C@@H](NC(=O)c1cnc(-c2ccccc2)cn1)[C@@H](C)O)B1O[C@@H]2C[C@H]3C[C@H](C3(C)C)[C@]2(C)O1. The quantitative estimate of drug-likeness (QED) is 0.411. The average molecular weight is 548 g/mol. The Morgan fingerprint density at radius 3 is 2.40 bits per heavy atom. The highest BCUT2D eigenvalue weighted by Gasteiger charge is 2.68. The molecule has 0 spiro atoms. The monoisotopic (exact) mass is 548 g/mol. The van der Waals surface area contributed by atoms with Gasteiger partial charge in [-0.25, -0.2) is 4.98 Å². The summed E-state index contributed by atoms with van der Waals surface area (Å²) in [6.07, 6.45) is 4.46. The predicted octanol–water partition coefficient (Wildman–Crippen LogP) is 3.42. The van der Waals surface area contributed by atoms with Crippen molar-refractivity contribution in [3.05, 3.63) is 48.4 Å². The molecule has 1 saturated heterocycles. The van der Waals surface area contributed by atoms with Crippen LogP contribution in [0.2, 0.25) is 0 Å². The van der Waals surface area contributed by atoms with E-state index in [9.17, 15) is 14.7 Å². The highest BCUT2D eigenvalue weighted by atomic mass is 16.7. The van der Waals surface area contributed by atoms with Gasteiger partial charge in [0.1, 0.15) is 11.7 Å². The minimum absolute atomic E-state index is 0.00876. The van der Waals surface area contributed by atoms with E-state index in [1.165, 1.54) is 19.3 Å². The van der Waals surface area contributed by atoms with Crippen molar-refractivity contribution in [3.8, 4) is 11.3 Å². The first kappa shape index (κ1) is 28.7. The normalized spacial score (nSPS) is 28.7. The third-order valence-corrected chi connectivity index (χ3v) is 9.36. The van der Waals surface area contributed by atoms with E-state index in [4.69, 9.17) is 9.31 Å². The Hall–Kier alpha value is -2.82. The molecule has 3 saturated carbocycles. The summed E-state index contributed by atoms with van der Waals surface area (Å²) in [5, 5.41) is 16.1. The van der Waals surface area contributed by atoms with Crippen molar-refractivity contribution < 1.29 is 24.0 Å². The average Bonchev–Trinajstić information content (AvgIpc) is 3.28. The van der Waals surface area contributed by atoms with E-state index in [1.807, 2.05) is 30.3 Å². The number of nitrogens with zero attached hydrogens (tertiary/aromatic N) is 2. The largest absolute Gasteiger partial charge is 0.481 e. The van der Waals surface area contributed by atoms with Crippen molar-refractivity contribution in [1.82, 2.24) is 20.6 Å². The standard InChI is InChI=1S/C30H41BN4O5/c1-17(2)12-25(31-39-24-14-20-13-23(29(20,4)5)30(24,6)40-31)34-28(38)26(18(3)36)35-27(37)22-16-32-21(15-33-22)19-10-8-7-9-11-19/h7-11,15-18,20,23-26,36H,12-14H2,1-6H3,(H,34,38)(H,35,37)/t18-,20-,23-,24-,25+,26+,30+/m1/s1. The molecule has 214 valence electrons. The van der Waals surface area contributed by atoms with Gasteiger partial charge in [-0.2, -0.15) is 0 Å². The Morgan fingerprint density at radius 2 is 1.80 bits per heavy atom. The molecule has 1 aromatic carbocycles. The zero-order chi connectivity index (χ0) is 28.8. The maximum Gasteiger partial charge on any atom is 0.481 e. The molecule has 4 aliphatic rings. The molecule has 0 radical (unpaired) electrons. The van der Waals surface area contributed by atoms with Crippen LogP contribution in [0.1, 0.15) is 71.3 Å². The molecule has 0 unspecified atom stereocenters. The number of hydrogen-bond acceptors (Lipinski definition) is 7. The molecule has 40 heavy (non-hydrogen) atoms. The van der Waals surface area contributed by atoms with Gasteiger partial charge in [-0.05, 0) is 56.3 Å². The summed E-state index contributed by atoms with van der Waals surface area (Å²) in [4.78, 5) is 35.0. The van der Waals surface area contributed by atoms with Crippen LogP contribution >= 0.6 is 0 Å². The van der Waals surface area contributed by atoms with Crippen molar-refractivity contribution in [2.45, 2.75) is 90.6 Å². The lowest BCUT2D eigenvalue weighted by Crippen LogP contribution is -2.65. The van der Waals surface area contributed by atoms with Gasteiger partial charge in [-0.15, -0.1) is 0 Å². The molecule has 3 N–H and O–H groups in total. The van der Waals surface area contributed by atoms with Crippen LogP contribution < -0.4 is 10.6 Å². The molecular weight excluding hydrogens is 507 g/mol. The first-order valence-electron chi connectivity index (χ1n) is 14.4. The van der Waals surface area contributed by atoms with Gasteiger partial charge in [0, 0.05) is 5.56 Å². The fourth-order valence-electron chi connectivity index (χ4n) is 6.91.